The van der Waals surface area contributed by atoms with Crippen molar-refractivity contribution in [2.45, 2.75) is 32.6 Å². The smallest absolute Gasteiger partial charge is 0.166 e. The Morgan fingerprint density at radius 2 is 1.89 bits per heavy atom. The average Bonchev–Trinajstić information content (AvgIpc) is 2.44. The molecule has 0 saturated carbocycles. The molecule has 0 spiro atoms. The molecule has 2 N–H and O–H groups in total. The van der Waals surface area contributed by atoms with Crippen LogP contribution in [0.5, 0.6) is 11.5 Å². The summed E-state index contributed by atoms with van der Waals surface area (Å²) in [6.07, 6.45) is 3.11. The highest BCUT2D eigenvalue weighted by atomic mass is 16.5. The molecule has 0 saturated heterocycles. The molecule has 1 rings (SSSR count). The molecule has 0 heterocycles. The van der Waals surface area contributed by atoms with Gasteiger partial charge in [0.15, 0.2) is 5.78 Å². The Morgan fingerprint density at radius 1 is 1.21 bits per heavy atom. The predicted molar refractivity (Wildman–Crippen MR) is 76.2 cm³/mol. The highest BCUT2D eigenvalue weighted by molar-refractivity contribution is 5.99. The molecule has 4 nitrogen and oxygen atoms in total. The molecular formula is C15H23NO3. The maximum absolute atomic E-state index is 12.2. The van der Waals surface area contributed by atoms with Gasteiger partial charge >= 0.3 is 0 Å². The third kappa shape index (κ3) is 3.96. The van der Waals surface area contributed by atoms with Crippen molar-refractivity contribution in [1.82, 2.24) is 0 Å². The SMILES string of the molecule is CCCCC(=O)c1cc(OC)c(CCN)cc1OC. The van der Waals surface area contributed by atoms with Gasteiger partial charge in [-0.05, 0) is 37.1 Å². The Hall–Kier alpha value is -1.55. The quantitative estimate of drug-likeness (QED) is 0.734. The predicted octanol–water partition coefficient (Wildman–Crippen LogP) is 2.58. The number of carbonyl (C=O) groups is 1. The van der Waals surface area contributed by atoms with Crippen LogP contribution >= 0.6 is 0 Å². The van der Waals surface area contributed by atoms with Crippen LogP contribution in [-0.2, 0) is 6.42 Å². The van der Waals surface area contributed by atoms with Crippen molar-refractivity contribution in [2.24, 2.45) is 5.73 Å². The number of unbranched alkanes of at least 4 members (excludes halogenated alkanes) is 1. The summed E-state index contributed by atoms with van der Waals surface area (Å²) in [5, 5.41) is 0. The van der Waals surface area contributed by atoms with Crippen molar-refractivity contribution in [3.63, 3.8) is 0 Å². The molecule has 106 valence electrons. The first-order valence-corrected chi connectivity index (χ1v) is 6.66. The third-order valence-electron chi connectivity index (χ3n) is 3.07. The first kappa shape index (κ1) is 15.5. The standard InChI is InChI=1S/C15H23NO3/c1-4-5-6-13(17)12-10-14(18-2)11(7-8-16)9-15(12)19-3/h9-10H,4-8,16H2,1-3H3. The summed E-state index contributed by atoms with van der Waals surface area (Å²) in [5.74, 6) is 1.40. The van der Waals surface area contributed by atoms with Crippen LogP contribution < -0.4 is 15.2 Å². The van der Waals surface area contributed by atoms with Crippen LogP contribution in [0.25, 0.3) is 0 Å². The second kappa shape index (κ2) is 7.79. The number of hydrogen-bond acceptors (Lipinski definition) is 4. The molecule has 0 aromatic heterocycles. The number of benzene rings is 1. The van der Waals surface area contributed by atoms with E-state index < -0.39 is 0 Å². The van der Waals surface area contributed by atoms with E-state index in [4.69, 9.17) is 15.2 Å². The van der Waals surface area contributed by atoms with Crippen molar-refractivity contribution in [2.75, 3.05) is 20.8 Å². The van der Waals surface area contributed by atoms with Gasteiger partial charge in [0, 0.05) is 6.42 Å². The molecule has 1 aromatic rings. The zero-order valence-electron chi connectivity index (χ0n) is 12.0. The number of ether oxygens (including phenoxy) is 2. The van der Waals surface area contributed by atoms with Crippen LogP contribution in [0.1, 0.15) is 42.1 Å². The summed E-state index contributed by atoms with van der Waals surface area (Å²) in [7, 11) is 3.17. The lowest BCUT2D eigenvalue weighted by Gasteiger charge is -2.14. The molecule has 0 unspecified atom stereocenters. The zero-order valence-corrected chi connectivity index (χ0v) is 12.0. The minimum atomic E-state index is 0.0938. The second-order valence-corrected chi connectivity index (χ2v) is 4.43. The molecule has 0 aliphatic carbocycles. The van der Waals surface area contributed by atoms with Crippen LogP contribution in [0.15, 0.2) is 12.1 Å². The number of carbonyl (C=O) groups excluding carboxylic acids is 1. The topological polar surface area (TPSA) is 61.5 Å². The van der Waals surface area contributed by atoms with Gasteiger partial charge in [-0.2, -0.15) is 0 Å². The normalized spacial score (nSPS) is 10.3. The average molecular weight is 265 g/mol. The van der Waals surface area contributed by atoms with Crippen molar-refractivity contribution < 1.29 is 14.3 Å². The van der Waals surface area contributed by atoms with Crippen molar-refractivity contribution in [3.8, 4) is 11.5 Å². The van der Waals surface area contributed by atoms with Gasteiger partial charge in [-0.15, -0.1) is 0 Å². The number of nitrogens with two attached hydrogens (primary N) is 1. The van der Waals surface area contributed by atoms with Crippen molar-refractivity contribution in [3.05, 3.63) is 23.3 Å². The summed E-state index contributed by atoms with van der Waals surface area (Å²) in [5.41, 5.74) is 7.13. The molecule has 0 bridgehead atoms. The molecule has 0 aliphatic heterocycles. The van der Waals surface area contributed by atoms with Gasteiger partial charge in [-0.3, -0.25) is 4.79 Å². The van der Waals surface area contributed by atoms with E-state index in [1.807, 2.05) is 6.07 Å². The maximum Gasteiger partial charge on any atom is 0.166 e. The number of methoxy groups -OCH3 is 2. The van der Waals surface area contributed by atoms with E-state index >= 15 is 0 Å². The molecule has 0 amide bonds. The Kier molecular flexibility index (Phi) is 6.36. The first-order valence-electron chi connectivity index (χ1n) is 6.66. The van der Waals surface area contributed by atoms with E-state index in [0.29, 0.717) is 36.4 Å². The summed E-state index contributed by atoms with van der Waals surface area (Å²) >= 11 is 0. The summed E-state index contributed by atoms with van der Waals surface area (Å²) < 4.78 is 10.6. The van der Waals surface area contributed by atoms with E-state index in [9.17, 15) is 4.79 Å². The maximum atomic E-state index is 12.2. The summed E-state index contributed by atoms with van der Waals surface area (Å²) in [6.45, 7) is 2.60. The molecule has 0 radical (unpaired) electrons. The van der Waals surface area contributed by atoms with Crippen LogP contribution in [0, 0.1) is 0 Å². The van der Waals surface area contributed by atoms with E-state index in [1.54, 1.807) is 20.3 Å². The third-order valence-corrected chi connectivity index (χ3v) is 3.07. The van der Waals surface area contributed by atoms with Crippen LogP contribution in [0.4, 0.5) is 0 Å². The van der Waals surface area contributed by atoms with E-state index in [0.717, 1.165) is 18.4 Å². The number of Topliss-reactive ketones (excluding diaryl/α,β-unsaturated/α-hetero) is 1. The van der Waals surface area contributed by atoms with Crippen LogP contribution in [0.3, 0.4) is 0 Å². The Bertz CT molecular complexity index is 430. The van der Waals surface area contributed by atoms with E-state index in [1.165, 1.54) is 0 Å². The molecular weight excluding hydrogens is 242 g/mol. The monoisotopic (exact) mass is 265 g/mol. The van der Waals surface area contributed by atoms with Gasteiger partial charge in [-0.1, -0.05) is 13.3 Å². The highest BCUT2D eigenvalue weighted by Crippen LogP contribution is 2.30. The fourth-order valence-electron chi connectivity index (χ4n) is 2.00. The van der Waals surface area contributed by atoms with Gasteiger partial charge in [-0.25, -0.2) is 0 Å². The lowest BCUT2D eigenvalue weighted by Crippen LogP contribution is -2.08. The Labute approximate surface area is 114 Å². The Morgan fingerprint density at radius 3 is 2.42 bits per heavy atom. The number of hydrogen-bond donors (Lipinski definition) is 1. The van der Waals surface area contributed by atoms with Crippen molar-refractivity contribution in [1.29, 1.82) is 0 Å². The number of ketones is 1. The fourth-order valence-corrected chi connectivity index (χ4v) is 2.00. The molecule has 1 aromatic carbocycles. The van der Waals surface area contributed by atoms with E-state index in [-0.39, 0.29) is 5.78 Å². The summed E-state index contributed by atoms with van der Waals surface area (Å²) in [6, 6.07) is 3.62. The molecule has 19 heavy (non-hydrogen) atoms. The zero-order chi connectivity index (χ0) is 14.3. The minimum absolute atomic E-state index is 0.0938. The van der Waals surface area contributed by atoms with E-state index in [2.05, 4.69) is 6.92 Å². The Balaban J connectivity index is 3.12. The van der Waals surface area contributed by atoms with Crippen LogP contribution in [-0.4, -0.2) is 26.5 Å². The highest BCUT2D eigenvalue weighted by Gasteiger charge is 2.16. The van der Waals surface area contributed by atoms with Gasteiger partial charge in [0.1, 0.15) is 11.5 Å². The molecule has 4 heteroatoms. The van der Waals surface area contributed by atoms with Gasteiger partial charge < -0.3 is 15.2 Å². The van der Waals surface area contributed by atoms with Gasteiger partial charge in [0.05, 0.1) is 19.8 Å². The van der Waals surface area contributed by atoms with Crippen LogP contribution in [0.2, 0.25) is 0 Å². The summed E-state index contributed by atoms with van der Waals surface area (Å²) in [4.78, 5) is 12.2. The lowest BCUT2D eigenvalue weighted by atomic mass is 10.0. The fraction of sp³-hybridized carbons (Fsp3) is 0.533. The minimum Gasteiger partial charge on any atom is -0.496 e. The second-order valence-electron chi connectivity index (χ2n) is 4.43. The van der Waals surface area contributed by atoms with Gasteiger partial charge in [0.2, 0.25) is 0 Å². The molecule has 0 atom stereocenters. The number of rotatable bonds is 8. The lowest BCUT2D eigenvalue weighted by molar-refractivity contribution is 0.0976. The van der Waals surface area contributed by atoms with Gasteiger partial charge in [0.25, 0.3) is 0 Å². The van der Waals surface area contributed by atoms with Crippen molar-refractivity contribution >= 4 is 5.78 Å². The molecule has 0 fully saturated rings. The first-order chi connectivity index (χ1) is 9.17. The largest absolute Gasteiger partial charge is 0.496 e. The molecule has 0 aliphatic rings.